The third kappa shape index (κ3) is 3.01. The zero-order chi connectivity index (χ0) is 19.5. The number of nitrogens with zero attached hydrogens (tertiary/aromatic N) is 4. The Morgan fingerprint density at radius 1 is 1.30 bits per heavy atom. The number of carbonyl (C=O) groups is 1. The average Bonchev–Trinajstić information content (AvgIpc) is 2.77. The van der Waals surface area contributed by atoms with Crippen LogP contribution in [0.15, 0.2) is 33.7 Å². The molecule has 3 aromatic rings. The highest BCUT2D eigenvalue weighted by Gasteiger charge is 2.37. The summed E-state index contributed by atoms with van der Waals surface area (Å²) >= 11 is 3.50. The van der Waals surface area contributed by atoms with Gasteiger partial charge >= 0.3 is 11.8 Å². The number of amides is 1. The van der Waals surface area contributed by atoms with E-state index in [1.807, 2.05) is 39.0 Å². The lowest BCUT2D eigenvalue weighted by Crippen LogP contribution is -2.53. The molecule has 4 rings (SSSR count). The molecule has 3 heterocycles. The summed E-state index contributed by atoms with van der Waals surface area (Å²) in [5, 5.41) is 0.912. The molecule has 0 unspecified atom stereocenters. The van der Waals surface area contributed by atoms with Gasteiger partial charge in [-0.05, 0) is 39.0 Å². The SMILES string of the molecule is Cn1c(=O)n(C2CN(C(=O)OC(C)(C)C)C2)c2c3cc(Br)ccc3ncc21. The number of aromatic nitrogens is 3. The Morgan fingerprint density at radius 2 is 2.00 bits per heavy atom. The summed E-state index contributed by atoms with van der Waals surface area (Å²) in [4.78, 5) is 31.2. The molecule has 27 heavy (non-hydrogen) atoms. The third-order valence-electron chi connectivity index (χ3n) is 4.76. The van der Waals surface area contributed by atoms with Crippen molar-refractivity contribution in [3.05, 3.63) is 39.4 Å². The number of likely N-dealkylation sites (tertiary alicyclic amines) is 1. The largest absolute Gasteiger partial charge is 0.444 e. The van der Waals surface area contributed by atoms with Crippen LogP contribution in [0.25, 0.3) is 21.9 Å². The number of carbonyl (C=O) groups excluding carboxylic acids is 1. The van der Waals surface area contributed by atoms with Gasteiger partial charge in [-0.2, -0.15) is 0 Å². The number of rotatable bonds is 1. The maximum Gasteiger partial charge on any atom is 0.410 e. The summed E-state index contributed by atoms with van der Waals surface area (Å²) < 4.78 is 9.73. The standard InChI is InChI=1S/C19H21BrN4O3/c1-19(2,3)27-18(26)23-9-12(10-23)24-16-13-7-11(20)5-6-14(13)21-8-15(16)22(4)17(24)25/h5-8,12H,9-10H2,1-4H3. The van der Waals surface area contributed by atoms with Gasteiger partial charge in [-0.15, -0.1) is 0 Å². The van der Waals surface area contributed by atoms with Gasteiger partial charge in [0.2, 0.25) is 0 Å². The number of aryl methyl sites for hydroxylation is 1. The van der Waals surface area contributed by atoms with Crippen molar-refractivity contribution in [3.8, 4) is 0 Å². The zero-order valence-electron chi connectivity index (χ0n) is 15.7. The van der Waals surface area contributed by atoms with Gasteiger partial charge in [-0.3, -0.25) is 14.1 Å². The fraction of sp³-hybridized carbons (Fsp3) is 0.421. The Bertz CT molecular complexity index is 1120. The van der Waals surface area contributed by atoms with Crippen LogP contribution in [0, 0.1) is 0 Å². The van der Waals surface area contributed by atoms with Crippen LogP contribution in [-0.2, 0) is 11.8 Å². The van der Waals surface area contributed by atoms with Crippen molar-refractivity contribution >= 4 is 44.0 Å². The lowest BCUT2D eigenvalue weighted by molar-refractivity contribution is 0.00112. The van der Waals surface area contributed by atoms with Crippen LogP contribution in [0.2, 0.25) is 0 Å². The number of imidazole rings is 1. The van der Waals surface area contributed by atoms with Crippen molar-refractivity contribution in [2.24, 2.45) is 7.05 Å². The van der Waals surface area contributed by atoms with Crippen molar-refractivity contribution in [2.45, 2.75) is 32.4 Å². The van der Waals surface area contributed by atoms with E-state index < -0.39 is 5.60 Å². The van der Waals surface area contributed by atoms with Crippen LogP contribution >= 0.6 is 15.9 Å². The van der Waals surface area contributed by atoms with Gasteiger partial charge in [-0.1, -0.05) is 15.9 Å². The predicted octanol–water partition coefficient (Wildman–Crippen LogP) is 3.44. The summed E-state index contributed by atoms with van der Waals surface area (Å²) in [6.07, 6.45) is 1.38. The summed E-state index contributed by atoms with van der Waals surface area (Å²) in [7, 11) is 1.75. The molecule has 1 aromatic carbocycles. The molecule has 0 radical (unpaired) electrons. The number of benzene rings is 1. The van der Waals surface area contributed by atoms with Crippen LogP contribution in [-0.4, -0.2) is 43.8 Å². The fourth-order valence-corrected chi connectivity index (χ4v) is 3.79. The highest BCUT2D eigenvalue weighted by atomic mass is 79.9. The lowest BCUT2D eigenvalue weighted by atomic mass is 10.1. The quantitative estimate of drug-likeness (QED) is 0.590. The predicted molar refractivity (Wildman–Crippen MR) is 107 cm³/mol. The zero-order valence-corrected chi connectivity index (χ0v) is 17.3. The van der Waals surface area contributed by atoms with Crippen LogP contribution in [0.4, 0.5) is 4.79 Å². The van der Waals surface area contributed by atoms with Crippen LogP contribution in [0.3, 0.4) is 0 Å². The maximum atomic E-state index is 12.9. The molecule has 0 bridgehead atoms. The van der Waals surface area contributed by atoms with Crippen molar-refractivity contribution in [1.29, 1.82) is 0 Å². The minimum Gasteiger partial charge on any atom is -0.444 e. The normalized spacial score (nSPS) is 15.4. The van der Waals surface area contributed by atoms with Crippen LogP contribution in [0.5, 0.6) is 0 Å². The number of pyridine rings is 1. The summed E-state index contributed by atoms with van der Waals surface area (Å²) in [6, 6.07) is 5.75. The molecular weight excluding hydrogens is 412 g/mol. The highest BCUT2D eigenvalue weighted by molar-refractivity contribution is 9.10. The van der Waals surface area contributed by atoms with E-state index >= 15 is 0 Å². The van der Waals surface area contributed by atoms with E-state index in [0.29, 0.717) is 13.1 Å². The average molecular weight is 433 g/mol. The van der Waals surface area contributed by atoms with Gasteiger partial charge in [0.15, 0.2) is 0 Å². The highest BCUT2D eigenvalue weighted by Crippen LogP contribution is 2.31. The second kappa shape index (κ2) is 6.09. The summed E-state index contributed by atoms with van der Waals surface area (Å²) in [5.41, 5.74) is 1.82. The molecule has 1 fully saturated rings. The minimum absolute atomic E-state index is 0.0849. The molecule has 1 aliphatic heterocycles. The topological polar surface area (TPSA) is 69.4 Å². The van der Waals surface area contributed by atoms with Gasteiger partial charge in [0, 0.05) is 30.0 Å². The Balaban J connectivity index is 1.75. The molecular formula is C19H21BrN4O3. The first kappa shape index (κ1) is 18.0. The van der Waals surface area contributed by atoms with Crippen molar-refractivity contribution in [1.82, 2.24) is 19.0 Å². The molecule has 0 atom stereocenters. The van der Waals surface area contributed by atoms with Crippen molar-refractivity contribution < 1.29 is 9.53 Å². The van der Waals surface area contributed by atoms with Crippen LogP contribution < -0.4 is 5.69 Å². The Hall–Kier alpha value is -2.35. The van der Waals surface area contributed by atoms with Crippen molar-refractivity contribution in [2.75, 3.05) is 13.1 Å². The number of fused-ring (bicyclic) bond motifs is 3. The third-order valence-corrected chi connectivity index (χ3v) is 5.25. The molecule has 1 amide bonds. The molecule has 7 nitrogen and oxygen atoms in total. The maximum absolute atomic E-state index is 12.9. The Morgan fingerprint density at radius 3 is 2.67 bits per heavy atom. The molecule has 0 aliphatic carbocycles. The van der Waals surface area contributed by atoms with Gasteiger partial charge in [-0.25, -0.2) is 9.59 Å². The van der Waals surface area contributed by atoms with E-state index in [0.717, 1.165) is 26.4 Å². The molecule has 0 saturated carbocycles. The first-order chi connectivity index (χ1) is 12.7. The molecule has 8 heteroatoms. The van der Waals surface area contributed by atoms with E-state index in [4.69, 9.17) is 4.74 Å². The number of ether oxygens (including phenoxy) is 1. The second-order valence-electron chi connectivity index (χ2n) is 7.90. The van der Waals surface area contributed by atoms with E-state index in [2.05, 4.69) is 20.9 Å². The molecule has 0 N–H and O–H groups in total. The Labute approximate surface area is 164 Å². The Kier molecular flexibility index (Phi) is 4.06. The molecule has 0 spiro atoms. The van der Waals surface area contributed by atoms with Gasteiger partial charge in [0.25, 0.3) is 0 Å². The lowest BCUT2D eigenvalue weighted by Gasteiger charge is -2.40. The smallest absolute Gasteiger partial charge is 0.410 e. The van der Waals surface area contributed by atoms with E-state index in [1.54, 1.807) is 27.3 Å². The number of hydrogen-bond acceptors (Lipinski definition) is 4. The summed E-state index contributed by atoms with van der Waals surface area (Å²) in [5.74, 6) is 0. The minimum atomic E-state index is -0.535. The van der Waals surface area contributed by atoms with E-state index in [1.165, 1.54) is 0 Å². The van der Waals surface area contributed by atoms with Crippen LogP contribution in [0.1, 0.15) is 26.8 Å². The first-order valence-corrected chi connectivity index (χ1v) is 9.58. The van der Waals surface area contributed by atoms with Crippen molar-refractivity contribution in [3.63, 3.8) is 0 Å². The fourth-order valence-electron chi connectivity index (χ4n) is 3.43. The second-order valence-corrected chi connectivity index (χ2v) is 8.82. The van der Waals surface area contributed by atoms with E-state index in [9.17, 15) is 9.59 Å². The molecule has 142 valence electrons. The molecule has 1 aliphatic rings. The van der Waals surface area contributed by atoms with Gasteiger partial charge in [0.05, 0.1) is 28.8 Å². The van der Waals surface area contributed by atoms with Gasteiger partial charge in [0.1, 0.15) is 5.60 Å². The monoisotopic (exact) mass is 432 g/mol. The van der Waals surface area contributed by atoms with Gasteiger partial charge < -0.3 is 9.64 Å². The first-order valence-electron chi connectivity index (χ1n) is 8.79. The molecule has 1 saturated heterocycles. The van der Waals surface area contributed by atoms with E-state index in [-0.39, 0.29) is 17.8 Å². The number of hydrogen-bond donors (Lipinski definition) is 0. The molecule has 2 aromatic heterocycles. The summed E-state index contributed by atoms with van der Waals surface area (Å²) in [6.45, 7) is 6.43. The number of halogens is 1.